The SMILES string of the molecule is O=c1cc[nH]c(=O)n1COCc1ccccc1. The first kappa shape index (κ1) is 11.3. The second-order valence-corrected chi connectivity index (χ2v) is 3.51. The molecule has 0 radical (unpaired) electrons. The summed E-state index contributed by atoms with van der Waals surface area (Å²) in [6, 6.07) is 10.8. The maximum Gasteiger partial charge on any atom is 0.330 e. The van der Waals surface area contributed by atoms with Crippen molar-refractivity contribution in [1.29, 1.82) is 0 Å². The molecule has 0 unspecified atom stereocenters. The third-order valence-electron chi connectivity index (χ3n) is 2.28. The molecule has 1 aromatic carbocycles. The molecule has 0 fully saturated rings. The number of ether oxygens (including phenoxy) is 1. The van der Waals surface area contributed by atoms with Crippen LogP contribution in [0.25, 0.3) is 0 Å². The Kier molecular flexibility index (Phi) is 3.52. The lowest BCUT2D eigenvalue weighted by Crippen LogP contribution is -2.34. The molecule has 0 aliphatic carbocycles. The van der Waals surface area contributed by atoms with Crippen molar-refractivity contribution in [2.24, 2.45) is 0 Å². The lowest BCUT2D eigenvalue weighted by atomic mass is 10.2. The Balaban J connectivity index is 2.00. The van der Waals surface area contributed by atoms with Crippen molar-refractivity contribution < 1.29 is 4.74 Å². The predicted octanol–water partition coefficient (Wildman–Crippen LogP) is 0.711. The van der Waals surface area contributed by atoms with Gasteiger partial charge in [0.25, 0.3) is 5.56 Å². The average Bonchev–Trinajstić information content (AvgIpc) is 2.34. The van der Waals surface area contributed by atoms with Crippen LogP contribution < -0.4 is 11.2 Å². The molecule has 1 N–H and O–H groups in total. The molecule has 0 saturated carbocycles. The number of rotatable bonds is 4. The van der Waals surface area contributed by atoms with E-state index in [-0.39, 0.29) is 12.3 Å². The quantitative estimate of drug-likeness (QED) is 0.844. The summed E-state index contributed by atoms with van der Waals surface area (Å²) in [6.45, 7) is 0.311. The molecule has 2 rings (SSSR count). The minimum absolute atomic E-state index is 0.0517. The van der Waals surface area contributed by atoms with Gasteiger partial charge in [-0.25, -0.2) is 9.36 Å². The maximum atomic E-state index is 11.3. The Hall–Kier alpha value is -2.14. The van der Waals surface area contributed by atoms with Gasteiger partial charge in [0.15, 0.2) is 0 Å². The summed E-state index contributed by atoms with van der Waals surface area (Å²) in [5.41, 5.74) is 0.153. The summed E-state index contributed by atoms with van der Waals surface area (Å²) >= 11 is 0. The van der Waals surface area contributed by atoms with Gasteiger partial charge in [0, 0.05) is 12.3 Å². The van der Waals surface area contributed by atoms with Gasteiger partial charge in [-0.05, 0) is 5.56 Å². The summed E-state index contributed by atoms with van der Waals surface area (Å²) in [5.74, 6) is 0. The van der Waals surface area contributed by atoms with Gasteiger partial charge in [-0.15, -0.1) is 0 Å². The molecular weight excluding hydrogens is 220 g/mol. The fourth-order valence-corrected chi connectivity index (χ4v) is 1.40. The van der Waals surface area contributed by atoms with Crippen molar-refractivity contribution in [2.45, 2.75) is 13.3 Å². The molecular formula is C12H12N2O3. The second kappa shape index (κ2) is 5.27. The predicted molar refractivity (Wildman–Crippen MR) is 62.6 cm³/mol. The van der Waals surface area contributed by atoms with E-state index in [1.54, 1.807) is 0 Å². The monoisotopic (exact) mass is 232 g/mol. The summed E-state index contributed by atoms with van der Waals surface area (Å²) in [7, 11) is 0. The lowest BCUT2D eigenvalue weighted by molar-refractivity contribution is 0.0588. The minimum Gasteiger partial charge on any atom is -0.356 e. The topological polar surface area (TPSA) is 64.1 Å². The molecule has 1 heterocycles. The Morgan fingerprint density at radius 1 is 1.12 bits per heavy atom. The Labute approximate surface area is 97.3 Å². The zero-order valence-electron chi connectivity index (χ0n) is 9.13. The first-order valence-corrected chi connectivity index (χ1v) is 5.17. The highest BCUT2D eigenvalue weighted by Crippen LogP contribution is 2.00. The number of nitrogens with zero attached hydrogens (tertiary/aromatic N) is 1. The molecule has 5 nitrogen and oxygen atoms in total. The zero-order valence-corrected chi connectivity index (χ0v) is 9.13. The van der Waals surface area contributed by atoms with Crippen molar-refractivity contribution >= 4 is 0 Å². The van der Waals surface area contributed by atoms with Crippen LogP contribution in [0.4, 0.5) is 0 Å². The highest BCUT2D eigenvalue weighted by Gasteiger charge is 1.99. The van der Waals surface area contributed by atoms with Crippen molar-refractivity contribution in [3.63, 3.8) is 0 Å². The zero-order chi connectivity index (χ0) is 12.1. The molecule has 0 amide bonds. The van der Waals surface area contributed by atoms with Crippen LogP contribution in [0.2, 0.25) is 0 Å². The van der Waals surface area contributed by atoms with Crippen molar-refractivity contribution in [3.05, 3.63) is 69.0 Å². The summed E-state index contributed by atoms with van der Waals surface area (Å²) in [5, 5.41) is 0. The van der Waals surface area contributed by atoms with E-state index in [1.165, 1.54) is 12.3 Å². The largest absolute Gasteiger partial charge is 0.356 e. The number of H-pyrrole nitrogens is 1. The van der Waals surface area contributed by atoms with Crippen LogP contribution >= 0.6 is 0 Å². The number of nitrogens with one attached hydrogen (secondary N) is 1. The average molecular weight is 232 g/mol. The Bertz CT molecular complexity index is 558. The fraction of sp³-hybridized carbons (Fsp3) is 0.167. The van der Waals surface area contributed by atoms with E-state index >= 15 is 0 Å². The van der Waals surface area contributed by atoms with Gasteiger partial charge in [-0.2, -0.15) is 0 Å². The molecule has 17 heavy (non-hydrogen) atoms. The highest BCUT2D eigenvalue weighted by molar-refractivity contribution is 5.13. The number of hydrogen-bond donors (Lipinski definition) is 1. The van der Waals surface area contributed by atoms with Gasteiger partial charge in [-0.3, -0.25) is 4.79 Å². The van der Waals surface area contributed by atoms with E-state index in [1.807, 2.05) is 30.3 Å². The van der Waals surface area contributed by atoms with E-state index in [0.717, 1.165) is 10.1 Å². The van der Waals surface area contributed by atoms with E-state index in [0.29, 0.717) is 6.61 Å². The van der Waals surface area contributed by atoms with E-state index in [9.17, 15) is 9.59 Å². The van der Waals surface area contributed by atoms with Crippen LogP contribution in [0.1, 0.15) is 5.56 Å². The minimum atomic E-state index is -0.467. The van der Waals surface area contributed by atoms with Gasteiger partial charge in [0.1, 0.15) is 6.73 Å². The van der Waals surface area contributed by atoms with Gasteiger partial charge in [-0.1, -0.05) is 30.3 Å². The van der Waals surface area contributed by atoms with Crippen molar-refractivity contribution in [3.8, 4) is 0 Å². The molecule has 0 saturated heterocycles. The molecule has 0 atom stereocenters. The molecule has 0 aliphatic rings. The van der Waals surface area contributed by atoms with Gasteiger partial charge < -0.3 is 9.72 Å². The van der Waals surface area contributed by atoms with Gasteiger partial charge in [0.05, 0.1) is 6.61 Å². The first-order valence-electron chi connectivity index (χ1n) is 5.17. The third-order valence-corrected chi connectivity index (χ3v) is 2.28. The fourth-order valence-electron chi connectivity index (χ4n) is 1.40. The maximum absolute atomic E-state index is 11.3. The molecule has 5 heteroatoms. The molecule has 88 valence electrons. The summed E-state index contributed by atoms with van der Waals surface area (Å²) in [4.78, 5) is 25.1. The number of hydrogen-bond acceptors (Lipinski definition) is 3. The summed E-state index contributed by atoms with van der Waals surface area (Å²) < 4.78 is 6.31. The van der Waals surface area contributed by atoms with E-state index < -0.39 is 5.69 Å². The first-order chi connectivity index (χ1) is 8.27. The lowest BCUT2D eigenvalue weighted by Gasteiger charge is -2.05. The smallest absolute Gasteiger partial charge is 0.330 e. The Morgan fingerprint density at radius 3 is 2.59 bits per heavy atom. The molecule has 1 aromatic heterocycles. The molecule has 2 aromatic rings. The number of benzene rings is 1. The summed E-state index contributed by atoms with van der Waals surface area (Å²) in [6.07, 6.45) is 1.32. The van der Waals surface area contributed by atoms with Crippen molar-refractivity contribution in [1.82, 2.24) is 9.55 Å². The molecule has 0 aliphatic heterocycles. The van der Waals surface area contributed by atoms with E-state index in [2.05, 4.69) is 4.98 Å². The van der Waals surface area contributed by atoms with Gasteiger partial charge in [0.2, 0.25) is 0 Å². The number of aromatic nitrogens is 2. The highest BCUT2D eigenvalue weighted by atomic mass is 16.5. The van der Waals surface area contributed by atoms with Crippen LogP contribution in [0.5, 0.6) is 0 Å². The van der Waals surface area contributed by atoms with E-state index in [4.69, 9.17) is 4.74 Å². The van der Waals surface area contributed by atoms with Crippen LogP contribution in [0.3, 0.4) is 0 Å². The molecule has 0 bridgehead atoms. The normalized spacial score (nSPS) is 10.4. The van der Waals surface area contributed by atoms with Crippen LogP contribution in [0.15, 0.2) is 52.2 Å². The third kappa shape index (κ3) is 2.92. The van der Waals surface area contributed by atoms with Crippen LogP contribution in [-0.4, -0.2) is 9.55 Å². The van der Waals surface area contributed by atoms with Crippen molar-refractivity contribution in [2.75, 3.05) is 0 Å². The second-order valence-electron chi connectivity index (χ2n) is 3.51. The Morgan fingerprint density at radius 2 is 1.88 bits per heavy atom. The van der Waals surface area contributed by atoms with Gasteiger partial charge >= 0.3 is 5.69 Å². The number of aromatic amines is 1. The van der Waals surface area contributed by atoms with Crippen LogP contribution in [0, 0.1) is 0 Å². The standard InChI is InChI=1S/C12H12N2O3/c15-11-6-7-13-12(16)14(11)9-17-8-10-4-2-1-3-5-10/h1-7H,8-9H2,(H,13,16). The molecule has 0 spiro atoms. The van der Waals surface area contributed by atoms with Crippen LogP contribution in [-0.2, 0) is 18.1 Å².